The Balaban J connectivity index is 0.00000200. The van der Waals surface area contributed by atoms with Crippen LogP contribution < -0.4 is 10.9 Å². The molecular weight excluding hydrogens is 278 g/mol. The number of aromatic nitrogens is 1. The lowest BCUT2D eigenvalue weighted by atomic mass is 10.0. The zero-order chi connectivity index (χ0) is 13.7. The van der Waals surface area contributed by atoms with Gasteiger partial charge in [-0.05, 0) is 38.4 Å². The third-order valence-electron chi connectivity index (χ3n) is 3.51. The van der Waals surface area contributed by atoms with Gasteiger partial charge in [0, 0.05) is 24.8 Å². The van der Waals surface area contributed by atoms with E-state index >= 15 is 0 Å². The highest BCUT2D eigenvalue weighted by Gasteiger charge is 2.25. The first-order chi connectivity index (χ1) is 9.22. The van der Waals surface area contributed by atoms with E-state index in [9.17, 15) is 9.59 Å². The van der Waals surface area contributed by atoms with Crippen LogP contribution in [-0.2, 0) is 0 Å². The molecule has 1 aliphatic heterocycles. The Hall–Kier alpha value is -1.33. The van der Waals surface area contributed by atoms with Gasteiger partial charge in [0.2, 0.25) is 5.56 Å². The summed E-state index contributed by atoms with van der Waals surface area (Å²) in [6.45, 7) is 4.77. The molecule has 2 N–H and O–H groups in total. The number of carbonyl (C=O) groups excluding carboxylic acids is 1. The molecule has 1 aliphatic rings. The first-order valence-electron chi connectivity index (χ1n) is 6.93. The number of H-pyrrole nitrogens is 1. The summed E-state index contributed by atoms with van der Waals surface area (Å²) in [5.74, 6) is 0.0185. The molecule has 6 heteroatoms. The molecule has 1 saturated heterocycles. The number of rotatable bonds is 4. The Kier molecular flexibility index (Phi) is 6.75. The predicted octanol–water partition coefficient (Wildman–Crippen LogP) is 1.40. The van der Waals surface area contributed by atoms with Crippen LogP contribution in [0.1, 0.15) is 36.5 Å². The Morgan fingerprint density at radius 1 is 1.35 bits per heavy atom. The van der Waals surface area contributed by atoms with Crippen LogP contribution in [-0.4, -0.2) is 41.5 Å². The van der Waals surface area contributed by atoms with Crippen LogP contribution in [0.3, 0.4) is 0 Å². The number of nitrogens with zero attached hydrogens (tertiary/aromatic N) is 1. The molecule has 1 aromatic rings. The van der Waals surface area contributed by atoms with Crippen molar-refractivity contribution in [3.8, 4) is 0 Å². The molecule has 112 valence electrons. The Labute approximate surface area is 125 Å². The Morgan fingerprint density at radius 3 is 2.60 bits per heavy atom. The molecule has 0 atom stereocenters. The smallest absolute Gasteiger partial charge is 0.255 e. The minimum atomic E-state index is -0.180. The molecule has 1 fully saturated rings. The average Bonchev–Trinajstić information content (AvgIpc) is 2.46. The molecule has 0 aromatic carbocycles. The molecule has 0 aliphatic carbocycles. The standard InChI is InChI=1S/C14H21N3O2.ClH/c1-2-9-17(12-5-7-15-8-6-12)14(19)11-3-4-13(18)16-10-11;/h3-4,10,12,15H,2,5-9H2,1H3,(H,16,18);1H. The number of nitrogens with one attached hydrogen (secondary N) is 2. The first kappa shape index (κ1) is 16.7. The van der Waals surface area contributed by atoms with Crippen molar-refractivity contribution in [1.82, 2.24) is 15.2 Å². The summed E-state index contributed by atoms with van der Waals surface area (Å²) in [5.41, 5.74) is 0.382. The summed E-state index contributed by atoms with van der Waals surface area (Å²) in [4.78, 5) is 28.1. The van der Waals surface area contributed by atoms with E-state index in [1.54, 1.807) is 6.07 Å². The molecule has 1 aromatic heterocycles. The number of piperidine rings is 1. The number of pyridine rings is 1. The van der Waals surface area contributed by atoms with Crippen LogP contribution >= 0.6 is 12.4 Å². The summed E-state index contributed by atoms with van der Waals surface area (Å²) >= 11 is 0. The van der Waals surface area contributed by atoms with Crippen molar-refractivity contribution in [1.29, 1.82) is 0 Å². The van der Waals surface area contributed by atoms with Gasteiger partial charge in [-0.15, -0.1) is 12.4 Å². The van der Waals surface area contributed by atoms with Gasteiger partial charge in [-0.25, -0.2) is 0 Å². The van der Waals surface area contributed by atoms with Crippen LogP contribution in [0.15, 0.2) is 23.1 Å². The number of amides is 1. The summed E-state index contributed by atoms with van der Waals surface area (Å²) in [7, 11) is 0. The van der Waals surface area contributed by atoms with E-state index in [1.807, 2.05) is 4.90 Å². The van der Waals surface area contributed by atoms with Crippen molar-refractivity contribution in [2.45, 2.75) is 32.2 Å². The summed E-state index contributed by atoms with van der Waals surface area (Å²) < 4.78 is 0. The Bertz CT molecular complexity index is 463. The Morgan fingerprint density at radius 2 is 2.05 bits per heavy atom. The van der Waals surface area contributed by atoms with Crippen molar-refractivity contribution < 1.29 is 4.79 Å². The van der Waals surface area contributed by atoms with Crippen molar-refractivity contribution in [2.24, 2.45) is 0 Å². The largest absolute Gasteiger partial charge is 0.336 e. The lowest BCUT2D eigenvalue weighted by Gasteiger charge is -2.34. The van der Waals surface area contributed by atoms with E-state index in [2.05, 4.69) is 17.2 Å². The zero-order valence-corrected chi connectivity index (χ0v) is 12.5. The SMILES string of the molecule is CCCN(C(=O)c1ccc(=O)[nH]c1)C1CCNCC1.Cl. The van der Waals surface area contributed by atoms with Crippen molar-refractivity contribution >= 4 is 18.3 Å². The maximum absolute atomic E-state index is 12.5. The van der Waals surface area contributed by atoms with Crippen LogP contribution in [0.2, 0.25) is 0 Å². The second-order valence-electron chi connectivity index (χ2n) is 4.92. The monoisotopic (exact) mass is 299 g/mol. The summed E-state index contributed by atoms with van der Waals surface area (Å²) in [6.07, 6.45) is 4.44. The average molecular weight is 300 g/mol. The van der Waals surface area contributed by atoms with Gasteiger partial charge in [0.1, 0.15) is 0 Å². The molecule has 0 bridgehead atoms. The van der Waals surface area contributed by atoms with Gasteiger partial charge < -0.3 is 15.2 Å². The lowest BCUT2D eigenvalue weighted by molar-refractivity contribution is 0.0642. The van der Waals surface area contributed by atoms with E-state index in [-0.39, 0.29) is 23.9 Å². The van der Waals surface area contributed by atoms with E-state index in [4.69, 9.17) is 0 Å². The highest BCUT2D eigenvalue weighted by Crippen LogP contribution is 2.15. The second-order valence-corrected chi connectivity index (χ2v) is 4.92. The third-order valence-corrected chi connectivity index (χ3v) is 3.51. The van der Waals surface area contributed by atoms with Crippen molar-refractivity contribution in [3.63, 3.8) is 0 Å². The fraction of sp³-hybridized carbons (Fsp3) is 0.571. The van der Waals surface area contributed by atoms with E-state index in [0.29, 0.717) is 11.6 Å². The quantitative estimate of drug-likeness (QED) is 0.883. The molecule has 0 radical (unpaired) electrons. The van der Waals surface area contributed by atoms with Gasteiger partial charge >= 0.3 is 0 Å². The van der Waals surface area contributed by atoms with Crippen molar-refractivity contribution in [2.75, 3.05) is 19.6 Å². The molecule has 2 heterocycles. The second kappa shape index (κ2) is 8.07. The minimum absolute atomic E-state index is 0. The third kappa shape index (κ3) is 4.08. The molecule has 20 heavy (non-hydrogen) atoms. The maximum Gasteiger partial charge on any atom is 0.255 e. The van der Waals surface area contributed by atoms with Crippen LogP contribution in [0, 0.1) is 0 Å². The highest BCUT2D eigenvalue weighted by molar-refractivity contribution is 5.94. The predicted molar refractivity (Wildman–Crippen MR) is 81.5 cm³/mol. The van der Waals surface area contributed by atoms with Crippen molar-refractivity contribution in [3.05, 3.63) is 34.2 Å². The van der Waals surface area contributed by atoms with E-state index in [1.165, 1.54) is 12.3 Å². The van der Waals surface area contributed by atoms with Gasteiger partial charge in [-0.1, -0.05) is 6.92 Å². The molecule has 1 amide bonds. The van der Waals surface area contributed by atoms with E-state index in [0.717, 1.165) is 38.9 Å². The topological polar surface area (TPSA) is 65.2 Å². The normalized spacial score (nSPS) is 15.4. The first-order valence-corrected chi connectivity index (χ1v) is 6.93. The van der Waals surface area contributed by atoms with Gasteiger partial charge in [0.15, 0.2) is 0 Å². The highest BCUT2D eigenvalue weighted by atomic mass is 35.5. The van der Waals surface area contributed by atoms with Gasteiger partial charge in [-0.2, -0.15) is 0 Å². The van der Waals surface area contributed by atoms with Crippen LogP contribution in [0.25, 0.3) is 0 Å². The van der Waals surface area contributed by atoms with Crippen LogP contribution in [0.4, 0.5) is 0 Å². The summed E-state index contributed by atoms with van der Waals surface area (Å²) in [6, 6.07) is 3.31. The maximum atomic E-state index is 12.5. The molecular formula is C14H22ClN3O2. The number of halogens is 1. The summed E-state index contributed by atoms with van der Waals surface area (Å²) in [5, 5.41) is 3.31. The van der Waals surface area contributed by atoms with Crippen LogP contribution in [0.5, 0.6) is 0 Å². The number of aromatic amines is 1. The van der Waals surface area contributed by atoms with Gasteiger partial charge in [-0.3, -0.25) is 9.59 Å². The molecule has 0 unspecified atom stereocenters. The molecule has 0 spiro atoms. The molecule has 0 saturated carbocycles. The van der Waals surface area contributed by atoms with E-state index < -0.39 is 0 Å². The number of hydrogen-bond donors (Lipinski definition) is 2. The fourth-order valence-corrected chi connectivity index (χ4v) is 2.52. The van der Waals surface area contributed by atoms with Gasteiger partial charge in [0.25, 0.3) is 5.91 Å². The molecule has 2 rings (SSSR count). The lowest BCUT2D eigenvalue weighted by Crippen LogP contribution is -2.46. The fourth-order valence-electron chi connectivity index (χ4n) is 2.52. The minimum Gasteiger partial charge on any atom is -0.336 e. The van der Waals surface area contributed by atoms with Gasteiger partial charge in [0.05, 0.1) is 5.56 Å². The number of carbonyl (C=O) groups is 1. The molecule has 5 nitrogen and oxygen atoms in total. The number of hydrogen-bond acceptors (Lipinski definition) is 3. The zero-order valence-electron chi connectivity index (χ0n) is 11.7.